The van der Waals surface area contributed by atoms with Crippen molar-refractivity contribution < 1.29 is 9.59 Å². The number of carbonyl (C=O) groups excluding carboxylic acids is 2. The lowest BCUT2D eigenvalue weighted by molar-refractivity contribution is 0.0663. The zero-order valence-electron chi connectivity index (χ0n) is 24.8. The lowest BCUT2D eigenvalue weighted by Gasteiger charge is -2.32. The molecule has 0 radical (unpaired) electrons. The topological polar surface area (TPSA) is 99.6 Å². The minimum absolute atomic E-state index is 0.0359. The fraction of sp³-hybridized carbons (Fsp3) is 0.333. The van der Waals surface area contributed by atoms with Gasteiger partial charge < -0.3 is 25.0 Å². The third kappa shape index (κ3) is 6.11. The van der Waals surface area contributed by atoms with Gasteiger partial charge in [-0.05, 0) is 86.7 Å². The van der Waals surface area contributed by atoms with Gasteiger partial charge in [0, 0.05) is 61.7 Å². The van der Waals surface area contributed by atoms with Crippen LogP contribution >= 0.6 is 11.3 Å². The van der Waals surface area contributed by atoms with Crippen molar-refractivity contribution in [1.82, 2.24) is 19.4 Å². The average Bonchev–Trinajstić information content (AvgIpc) is 3.46. The molecular formula is C33H36N6O3S. The van der Waals surface area contributed by atoms with Crippen LogP contribution in [0.1, 0.15) is 48.9 Å². The van der Waals surface area contributed by atoms with Crippen LogP contribution in [0.3, 0.4) is 0 Å². The number of aromatic nitrogens is 2. The van der Waals surface area contributed by atoms with Crippen LogP contribution in [0.25, 0.3) is 11.1 Å². The summed E-state index contributed by atoms with van der Waals surface area (Å²) in [5, 5.41) is 6.25. The number of rotatable bonds is 6. The van der Waals surface area contributed by atoms with Crippen LogP contribution in [0.2, 0.25) is 0 Å². The number of fused-ring (bicyclic) bond motifs is 1. The third-order valence-corrected chi connectivity index (χ3v) is 9.60. The van der Waals surface area contributed by atoms with Crippen molar-refractivity contribution in [2.24, 2.45) is 7.05 Å². The molecule has 6 rings (SSSR count). The Morgan fingerprint density at radius 3 is 2.49 bits per heavy atom. The van der Waals surface area contributed by atoms with E-state index in [2.05, 4.69) is 27.6 Å². The van der Waals surface area contributed by atoms with Crippen LogP contribution in [0.15, 0.2) is 59.7 Å². The first-order valence-electron chi connectivity index (χ1n) is 14.7. The number of nitrogens with zero attached hydrogens (tertiary/aromatic N) is 4. The predicted octanol–water partition coefficient (Wildman–Crippen LogP) is 5.08. The minimum Gasteiger partial charge on any atom is -0.336 e. The fourth-order valence-corrected chi connectivity index (χ4v) is 6.89. The second-order valence-corrected chi connectivity index (χ2v) is 12.5. The van der Waals surface area contributed by atoms with E-state index in [0.29, 0.717) is 30.2 Å². The van der Waals surface area contributed by atoms with Crippen molar-refractivity contribution in [3.8, 4) is 11.1 Å². The number of aryl methyl sites for hydroxylation is 3. The Kier molecular flexibility index (Phi) is 8.14. The standard InChI is InChI=1S/C33H36N6O3S/c1-21-25(8-6-9-26(21)36-31(40)29-18-22-7-4-5-10-28(22)43-29)24-17-27(33(42)38(3)20-24)35-30-12-11-23(19-34-30)32(41)39-15-13-37(2)14-16-39/h6,8-9,11-12,17-20H,4-5,7,10,13-16H2,1-3H3,(H,34,35)(H,36,40). The van der Waals surface area contributed by atoms with Crippen LogP contribution < -0.4 is 16.2 Å². The molecular weight excluding hydrogens is 560 g/mol. The highest BCUT2D eigenvalue weighted by atomic mass is 32.1. The number of carbonyl (C=O) groups is 2. The highest BCUT2D eigenvalue weighted by Crippen LogP contribution is 2.32. The lowest BCUT2D eigenvalue weighted by atomic mass is 9.99. The minimum atomic E-state index is -0.202. The van der Waals surface area contributed by atoms with Crippen LogP contribution in [0.4, 0.5) is 17.2 Å². The van der Waals surface area contributed by atoms with Crippen LogP contribution in [0.5, 0.6) is 0 Å². The zero-order valence-corrected chi connectivity index (χ0v) is 25.6. The van der Waals surface area contributed by atoms with E-state index in [9.17, 15) is 14.4 Å². The van der Waals surface area contributed by atoms with Crippen LogP contribution in [0, 0.1) is 6.92 Å². The Morgan fingerprint density at radius 2 is 1.74 bits per heavy atom. The number of hydrogen-bond acceptors (Lipinski definition) is 7. The maximum absolute atomic E-state index is 13.2. The van der Waals surface area contributed by atoms with Gasteiger partial charge in [-0.25, -0.2) is 4.98 Å². The molecule has 1 fully saturated rings. The summed E-state index contributed by atoms with van der Waals surface area (Å²) in [7, 11) is 3.76. The highest BCUT2D eigenvalue weighted by molar-refractivity contribution is 7.14. The van der Waals surface area contributed by atoms with Gasteiger partial charge in [-0.2, -0.15) is 0 Å². The molecule has 4 aromatic rings. The molecule has 43 heavy (non-hydrogen) atoms. The molecule has 0 bridgehead atoms. The van der Waals surface area contributed by atoms with Gasteiger partial charge >= 0.3 is 0 Å². The van der Waals surface area contributed by atoms with Gasteiger partial charge in [0.25, 0.3) is 17.4 Å². The Balaban J connectivity index is 1.20. The van der Waals surface area contributed by atoms with E-state index >= 15 is 0 Å². The van der Waals surface area contributed by atoms with Gasteiger partial charge in [0.2, 0.25) is 0 Å². The van der Waals surface area contributed by atoms with Crippen molar-refractivity contribution in [2.45, 2.75) is 32.6 Å². The largest absolute Gasteiger partial charge is 0.336 e. The van der Waals surface area contributed by atoms with Crippen LogP contribution in [-0.2, 0) is 19.9 Å². The molecule has 2 amide bonds. The van der Waals surface area contributed by atoms with E-state index in [4.69, 9.17) is 0 Å². The van der Waals surface area contributed by atoms with E-state index in [1.807, 2.05) is 36.1 Å². The highest BCUT2D eigenvalue weighted by Gasteiger charge is 2.21. The van der Waals surface area contributed by atoms with Gasteiger partial charge in [-0.1, -0.05) is 12.1 Å². The van der Waals surface area contributed by atoms with Crippen molar-refractivity contribution >= 4 is 40.3 Å². The number of likely N-dealkylation sites (N-methyl/N-ethyl adjacent to an activating group) is 1. The molecule has 0 saturated carbocycles. The molecule has 222 valence electrons. The number of pyridine rings is 2. The molecule has 0 atom stereocenters. The molecule has 0 unspecified atom stereocenters. The number of anilines is 3. The smallest absolute Gasteiger partial charge is 0.274 e. The fourth-order valence-electron chi connectivity index (χ4n) is 5.74. The summed E-state index contributed by atoms with van der Waals surface area (Å²) >= 11 is 1.60. The average molecular weight is 597 g/mol. The molecule has 9 nitrogen and oxygen atoms in total. The molecule has 0 spiro atoms. The number of piperazine rings is 1. The van der Waals surface area contributed by atoms with E-state index in [-0.39, 0.29) is 17.4 Å². The van der Waals surface area contributed by atoms with Gasteiger partial charge in [-0.15, -0.1) is 11.3 Å². The molecule has 1 aromatic carbocycles. The molecule has 2 aliphatic rings. The molecule has 4 heterocycles. The molecule has 1 saturated heterocycles. The van der Waals surface area contributed by atoms with Gasteiger partial charge in [0.15, 0.2) is 0 Å². The second-order valence-electron chi connectivity index (χ2n) is 11.4. The van der Waals surface area contributed by atoms with Crippen molar-refractivity contribution in [3.05, 3.63) is 91.7 Å². The number of nitrogens with one attached hydrogen (secondary N) is 2. The summed E-state index contributed by atoms with van der Waals surface area (Å²) in [6.45, 7) is 5.06. The Labute approximate surface area is 255 Å². The molecule has 2 N–H and O–H groups in total. The zero-order chi connectivity index (χ0) is 30.1. The third-order valence-electron chi connectivity index (χ3n) is 8.36. The molecule has 1 aliphatic carbocycles. The van der Waals surface area contributed by atoms with Crippen molar-refractivity contribution in [3.63, 3.8) is 0 Å². The SMILES string of the molecule is Cc1c(NC(=O)c2cc3c(s2)CCCC3)cccc1-c1cc(Nc2ccc(C(=O)N3CCN(C)CC3)cn2)c(=O)n(C)c1. The first kappa shape index (κ1) is 28.8. The Hall–Kier alpha value is -4.28. The Bertz CT molecular complexity index is 1710. The quantitative estimate of drug-likeness (QED) is 0.322. The molecule has 10 heteroatoms. The van der Waals surface area contributed by atoms with Gasteiger partial charge in [0.05, 0.1) is 10.4 Å². The molecule has 1 aliphatic heterocycles. The van der Waals surface area contributed by atoms with E-state index < -0.39 is 0 Å². The first-order chi connectivity index (χ1) is 20.8. The first-order valence-corrected chi connectivity index (χ1v) is 15.5. The maximum atomic E-state index is 13.2. The second kappa shape index (κ2) is 12.1. The summed E-state index contributed by atoms with van der Waals surface area (Å²) in [6, 6.07) is 13.1. The number of amides is 2. The molecule has 3 aromatic heterocycles. The monoisotopic (exact) mass is 596 g/mol. The maximum Gasteiger partial charge on any atom is 0.274 e. The van der Waals surface area contributed by atoms with Gasteiger partial charge in [-0.3, -0.25) is 14.4 Å². The van der Waals surface area contributed by atoms with Crippen LogP contribution in [-0.4, -0.2) is 64.4 Å². The van der Waals surface area contributed by atoms with E-state index in [1.165, 1.54) is 27.8 Å². The summed E-state index contributed by atoms with van der Waals surface area (Å²) in [4.78, 5) is 49.7. The summed E-state index contributed by atoms with van der Waals surface area (Å²) in [5.41, 5.74) is 5.37. The van der Waals surface area contributed by atoms with Gasteiger partial charge in [0.1, 0.15) is 11.5 Å². The normalized spacial score (nSPS) is 15.2. The summed E-state index contributed by atoms with van der Waals surface area (Å²) in [5.74, 6) is 0.342. The van der Waals surface area contributed by atoms with Crippen molar-refractivity contribution in [2.75, 3.05) is 43.9 Å². The predicted molar refractivity (Wildman–Crippen MR) is 172 cm³/mol. The number of thiophene rings is 1. The number of benzene rings is 1. The summed E-state index contributed by atoms with van der Waals surface area (Å²) < 4.78 is 1.53. The Morgan fingerprint density at radius 1 is 0.953 bits per heavy atom. The summed E-state index contributed by atoms with van der Waals surface area (Å²) in [6.07, 6.45) is 7.81. The number of hydrogen-bond donors (Lipinski definition) is 2. The van der Waals surface area contributed by atoms with E-state index in [0.717, 1.165) is 53.2 Å². The van der Waals surface area contributed by atoms with Crippen molar-refractivity contribution in [1.29, 1.82) is 0 Å². The van der Waals surface area contributed by atoms with E-state index in [1.54, 1.807) is 49.0 Å². The lowest BCUT2D eigenvalue weighted by Crippen LogP contribution is -2.47.